The molecule has 19 heavy (non-hydrogen) atoms. The van der Waals surface area contributed by atoms with E-state index >= 15 is 0 Å². The van der Waals surface area contributed by atoms with Crippen molar-refractivity contribution in [1.82, 2.24) is 20.3 Å². The van der Waals surface area contributed by atoms with Crippen LogP contribution < -0.4 is 5.32 Å². The maximum Gasteiger partial charge on any atom is 0.0969 e. The smallest absolute Gasteiger partial charge is 0.0969 e. The van der Waals surface area contributed by atoms with E-state index in [0.717, 1.165) is 11.4 Å². The van der Waals surface area contributed by atoms with Gasteiger partial charge in [0.05, 0.1) is 22.6 Å². The van der Waals surface area contributed by atoms with Crippen molar-refractivity contribution in [1.29, 1.82) is 0 Å². The van der Waals surface area contributed by atoms with Crippen LogP contribution in [0.1, 0.15) is 26.5 Å². The van der Waals surface area contributed by atoms with Gasteiger partial charge in [-0.3, -0.25) is 0 Å². The molecular formula is C13H16Cl2N4. The maximum atomic E-state index is 6.13. The summed E-state index contributed by atoms with van der Waals surface area (Å²) in [5.74, 6) is 0. The van der Waals surface area contributed by atoms with E-state index < -0.39 is 0 Å². The Hall–Kier alpha value is -1.10. The maximum absolute atomic E-state index is 6.13. The van der Waals surface area contributed by atoms with Crippen LogP contribution in [0.5, 0.6) is 0 Å². The van der Waals surface area contributed by atoms with Crippen LogP contribution in [0.15, 0.2) is 24.4 Å². The Kier molecular flexibility index (Phi) is 4.13. The summed E-state index contributed by atoms with van der Waals surface area (Å²) in [5.41, 5.74) is 1.62. The van der Waals surface area contributed by atoms with Crippen molar-refractivity contribution < 1.29 is 0 Å². The molecule has 0 radical (unpaired) electrons. The van der Waals surface area contributed by atoms with Crippen molar-refractivity contribution in [3.63, 3.8) is 0 Å². The highest BCUT2D eigenvalue weighted by Gasteiger charge is 2.11. The fourth-order valence-corrected chi connectivity index (χ4v) is 1.88. The van der Waals surface area contributed by atoms with Crippen LogP contribution in [-0.2, 0) is 6.54 Å². The molecule has 1 aromatic carbocycles. The van der Waals surface area contributed by atoms with E-state index in [1.807, 2.05) is 6.20 Å². The van der Waals surface area contributed by atoms with E-state index in [1.54, 1.807) is 22.9 Å². The Labute approximate surface area is 122 Å². The molecule has 0 aliphatic rings. The predicted molar refractivity (Wildman–Crippen MR) is 78.0 cm³/mol. The highest BCUT2D eigenvalue weighted by molar-refractivity contribution is 6.34. The molecular weight excluding hydrogens is 283 g/mol. The minimum absolute atomic E-state index is 0.0392. The third kappa shape index (κ3) is 3.93. The number of hydrogen-bond donors (Lipinski definition) is 1. The molecule has 1 heterocycles. The molecule has 0 unspecified atom stereocenters. The molecule has 0 bridgehead atoms. The number of nitrogens with one attached hydrogen (secondary N) is 1. The van der Waals surface area contributed by atoms with Gasteiger partial charge in [0.2, 0.25) is 0 Å². The zero-order valence-corrected chi connectivity index (χ0v) is 12.6. The van der Waals surface area contributed by atoms with Crippen LogP contribution in [0.2, 0.25) is 10.0 Å². The quantitative estimate of drug-likeness (QED) is 0.943. The molecule has 0 aliphatic carbocycles. The van der Waals surface area contributed by atoms with Gasteiger partial charge in [0.1, 0.15) is 0 Å². The van der Waals surface area contributed by atoms with Crippen molar-refractivity contribution in [2.75, 3.05) is 0 Å². The largest absolute Gasteiger partial charge is 0.306 e. The summed E-state index contributed by atoms with van der Waals surface area (Å²) in [5, 5.41) is 12.7. The Morgan fingerprint density at radius 1 is 1.26 bits per heavy atom. The lowest BCUT2D eigenvalue weighted by Gasteiger charge is -2.19. The van der Waals surface area contributed by atoms with Crippen LogP contribution in [0, 0.1) is 0 Å². The summed E-state index contributed by atoms with van der Waals surface area (Å²) >= 11 is 12.1. The van der Waals surface area contributed by atoms with Gasteiger partial charge in [0.15, 0.2) is 0 Å². The molecule has 1 N–H and O–H groups in total. The number of nitrogens with zero attached hydrogens (tertiary/aromatic N) is 3. The van der Waals surface area contributed by atoms with Gasteiger partial charge < -0.3 is 5.32 Å². The van der Waals surface area contributed by atoms with Crippen LogP contribution >= 0.6 is 23.2 Å². The van der Waals surface area contributed by atoms with Gasteiger partial charge in [-0.1, -0.05) is 28.4 Å². The monoisotopic (exact) mass is 298 g/mol. The molecule has 0 saturated carbocycles. The number of hydrogen-bond acceptors (Lipinski definition) is 3. The van der Waals surface area contributed by atoms with E-state index in [0.29, 0.717) is 16.6 Å². The van der Waals surface area contributed by atoms with E-state index in [1.165, 1.54) is 0 Å². The lowest BCUT2D eigenvalue weighted by atomic mass is 10.1. The zero-order valence-electron chi connectivity index (χ0n) is 11.1. The van der Waals surface area contributed by atoms with Crippen LogP contribution in [0.25, 0.3) is 5.69 Å². The van der Waals surface area contributed by atoms with E-state index in [9.17, 15) is 0 Å². The average molecular weight is 299 g/mol. The number of benzene rings is 1. The summed E-state index contributed by atoms with van der Waals surface area (Å²) in [6.45, 7) is 6.96. The van der Waals surface area contributed by atoms with Gasteiger partial charge in [-0.05, 0) is 39.0 Å². The first-order valence-electron chi connectivity index (χ1n) is 5.97. The molecule has 102 valence electrons. The second kappa shape index (κ2) is 5.49. The summed E-state index contributed by atoms with van der Waals surface area (Å²) in [6, 6.07) is 5.25. The van der Waals surface area contributed by atoms with Crippen LogP contribution in [0.3, 0.4) is 0 Å². The first-order chi connectivity index (χ1) is 8.85. The molecule has 2 rings (SSSR count). The third-order valence-electron chi connectivity index (χ3n) is 2.50. The molecule has 1 aromatic heterocycles. The topological polar surface area (TPSA) is 42.7 Å². The summed E-state index contributed by atoms with van der Waals surface area (Å²) in [4.78, 5) is 0. The normalized spacial score (nSPS) is 11.8. The van der Waals surface area contributed by atoms with Crippen molar-refractivity contribution in [2.45, 2.75) is 32.9 Å². The van der Waals surface area contributed by atoms with Gasteiger partial charge in [0.25, 0.3) is 0 Å². The highest BCUT2D eigenvalue weighted by Crippen LogP contribution is 2.23. The second-order valence-corrected chi connectivity index (χ2v) is 6.20. The summed E-state index contributed by atoms with van der Waals surface area (Å²) in [7, 11) is 0. The van der Waals surface area contributed by atoms with Crippen molar-refractivity contribution in [3.05, 3.63) is 40.1 Å². The molecule has 0 amide bonds. The van der Waals surface area contributed by atoms with Crippen LogP contribution in [0.4, 0.5) is 0 Å². The summed E-state index contributed by atoms with van der Waals surface area (Å²) in [6.07, 6.45) is 1.84. The van der Waals surface area contributed by atoms with Crippen molar-refractivity contribution >= 4 is 23.2 Å². The van der Waals surface area contributed by atoms with Gasteiger partial charge in [0, 0.05) is 17.1 Å². The standard InChI is InChI=1S/C13H16Cl2N4/c1-13(2,3)16-7-10-8-19(18-17-10)12-6-9(14)4-5-11(12)15/h4-6,8,16H,7H2,1-3H3. The van der Waals surface area contributed by atoms with Gasteiger partial charge in [-0.2, -0.15) is 0 Å². The van der Waals surface area contributed by atoms with Crippen LogP contribution in [-0.4, -0.2) is 20.5 Å². The fourth-order valence-electron chi connectivity index (χ4n) is 1.51. The molecule has 0 aliphatic heterocycles. The minimum atomic E-state index is 0.0392. The average Bonchev–Trinajstić information content (AvgIpc) is 2.77. The Morgan fingerprint density at radius 2 is 2.00 bits per heavy atom. The molecule has 6 heteroatoms. The van der Waals surface area contributed by atoms with E-state index in [2.05, 4.69) is 36.4 Å². The highest BCUT2D eigenvalue weighted by atomic mass is 35.5. The number of halogens is 2. The Bertz CT molecular complexity index is 572. The fraction of sp³-hybridized carbons (Fsp3) is 0.385. The molecule has 4 nitrogen and oxygen atoms in total. The summed E-state index contributed by atoms with van der Waals surface area (Å²) < 4.78 is 1.63. The van der Waals surface area contributed by atoms with E-state index in [-0.39, 0.29) is 5.54 Å². The SMILES string of the molecule is CC(C)(C)NCc1cn(-c2cc(Cl)ccc2Cl)nn1. The zero-order chi connectivity index (χ0) is 14.0. The molecule has 2 aromatic rings. The minimum Gasteiger partial charge on any atom is -0.306 e. The first-order valence-corrected chi connectivity index (χ1v) is 6.72. The molecule has 0 fully saturated rings. The Morgan fingerprint density at radius 3 is 2.68 bits per heavy atom. The molecule has 0 saturated heterocycles. The predicted octanol–water partition coefficient (Wildman–Crippen LogP) is 3.46. The van der Waals surface area contributed by atoms with Gasteiger partial charge in [-0.15, -0.1) is 5.10 Å². The molecule has 0 atom stereocenters. The first kappa shape index (κ1) is 14.3. The van der Waals surface area contributed by atoms with E-state index in [4.69, 9.17) is 23.2 Å². The lowest BCUT2D eigenvalue weighted by molar-refractivity contribution is 0.421. The number of rotatable bonds is 3. The second-order valence-electron chi connectivity index (χ2n) is 5.35. The van der Waals surface area contributed by atoms with Crippen molar-refractivity contribution in [3.8, 4) is 5.69 Å². The Balaban J connectivity index is 2.19. The molecule has 0 spiro atoms. The van der Waals surface area contributed by atoms with Crippen molar-refractivity contribution in [2.24, 2.45) is 0 Å². The lowest BCUT2D eigenvalue weighted by Crippen LogP contribution is -2.35. The van der Waals surface area contributed by atoms with Gasteiger partial charge in [-0.25, -0.2) is 4.68 Å². The third-order valence-corrected chi connectivity index (χ3v) is 3.05. The number of aromatic nitrogens is 3. The van der Waals surface area contributed by atoms with Gasteiger partial charge >= 0.3 is 0 Å².